The topological polar surface area (TPSA) is 121 Å². The average Bonchev–Trinajstić information content (AvgIpc) is 2.06. The number of nitrogens with two attached hydrogens (primary N) is 1. The maximum atomic E-state index is 11.0. The number of carbonyl (C=O) groups is 1. The number of aromatic carboxylic acids is 1. The fraction of sp³-hybridized carbons (Fsp3) is 0. The Morgan fingerprint density at radius 2 is 1.93 bits per heavy atom. The maximum Gasteiger partial charge on any atom is 0.357 e. The van der Waals surface area contributed by atoms with E-state index < -0.39 is 24.4 Å². The van der Waals surface area contributed by atoms with Gasteiger partial charge in [-0.2, -0.15) is 0 Å². The molecule has 0 saturated heterocycles. The first-order valence-corrected chi connectivity index (χ1v) is 5.71. The van der Waals surface area contributed by atoms with Crippen LogP contribution in [0.3, 0.4) is 0 Å². The summed E-state index contributed by atoms with van der Waals surface area (Å²) in [5.74, 6) is -1.45. The zero-order valence-corrected chi connectivity index (χ0v) is 9.07. The van der Waals surface area contributed by atoms with Crippen molar-refractivity contribution in [3.05, 3.63) is 17.7 Å². The van der Waals surface area contributed by atoms with E-state index in [1.807, 2.05) is 0 Å². The number of thiol groups is 1. The molecule has 0 spiro atoms. The summed E-state index contributed by atoms with van der Waals surface area (Å²) >= 11 is 3.85. The van der Waals surface area contributed by atoms with Crippen LogP contribution in [0.15, 0.2) is 17.0 Å². The van der Waals surface area contributed by atoms with Gasteiger partial charge < -0.3 is 20.6 Å². The predicted octanol–water partition coefficient (Wildman–Crippen LogP) is 0.0587. The summed E-state index contributed by atoms with van der Waals surface area (Å²) in [5.41, 5.74) is 4.91. The molecule has 0 heterocycles. The van der Waals surface area contributed by atoms with Crippen molar-refractivity contribution >= 4 is 37.2 Å². The Hall–Kier alpha value is -1.01. The lowest BCUT2D eigenvalue weighted by Crippen LogP contribution is -2.16. The number of carboxylic acids is 1. The Kier molecular flexibility index (Phi) is 3.11. The molecule has 1 aromatic carbocycles. The van der Waals surface area contributed by atoms with Gasteiger partial charge in [-0.25, -0.2) is 4.79 Å². The molecule has 8 heteroatoms. The fourth-order valence-electron chi connectivity index (χ4n) is 1.01. The third kappa shape index (κ3) is 2.51. The minimum absolute atomic E-state index is 0.0490. The SMILES string of the molecule is Nc1cc(C(=O)O)c(P(=O)(O)O)cc1S. The van der Waals surface area contributed by atoms with E-state index in [9.17, 15) is 9.36 Å². The van der Waals surface area contributed by atoms with Crippen LogP contribution in [0.25, 0.3) is 0 Å². The maximum absolute atomic E-state index is 11.0. The van der Waals surface area contributed by atoms with E-state index in [1.165, 1.54) is 0 Å². The van der Waals surface area contributed by atoms with Gasteiger partial charge in [0, 0.05) is 10.6 Å². The Balaban J connectivity index is 3.56. The quantitative estimate of drug-likeness (QED) is 0.287. The van der Waals surface area contributed by atoms with E-state index in [-0.39, 0.29) is 10.6 Å². The van der Waals surface area contributed by atoms with Crippen LogP contribution in [0.2, 0.25) is 0 Å². The Bertz CT molecular complexity index is 469. The van der Waals surface area contributed by atoms with Crippen molar-refractivity contribution in [3.63, 3.8) is 0 Å². The molecular weight excluding hydrogens is 241 g/mol. The standard InChI is InChI=1S/C7H8NO5PS/c8-4-1-3(7(9)10)5(2-6(4)15)14(11,12)13/h1-2,15H,8H2,(H,9,10)(H2,11,12,13). The van der Waals surface area contributed by atoms with E-state index in [2.05, 4.69) is 12.6 Å². The third-order valence-corrected chi connectivity index (χ3v) is 3.07. The number of hydrogen-bond acceptors (Lipinski definition) is 4. The van der Waals surface area contributed by atoms with Gasteiger partial charge in [-0.05, 0) is 12.1 Å². The van der Waals surface area contributed by atoms with Crippen LogP contribution in [0.4, 0.5) is 5.69 Å². The summed E-state index contributed by atoms with van der Waals surface area (Å²) < 4.78 is 11.0. The van der Waals surface area contributed by atoms with Crippen LogP contribution >= 0.6 is 20.2 Å². The smallest absolute Gasteiger partial charge is 0.357 e. The van der Waals surface area contributed by atoms with Gasteiger partial charge >= 0.3 is 13.6 Å². The molecule has 0 fully saturated rings. The second-order valence-corrected chi connectivity index (χ2v) is 4.83. The van der Waals surface area contributed by atoms with E-state index >= 15 is 0 Å². The van der Waals surface area contributed by atoms with Crippen molar-refractivity contribution in [1.82, 2.24) is 0 Å². The lowest BCUT2D eigenvalue weighted by Gasteiger charge is -2.10. The highest BCUT2D eigenvalue weighted by molar-refractivity contribution is 7.80. The molecule has 0 atom stereocenters. The average molecular weight is 249 g/mol. The summed E-state index contributed by atoms with van der Waals surface area (Å²) in [6.07, 6.45) is 0. The summed E-state index contributed by atoms with van der Waals surface area (Å²) in [7, 11) is -4.64. The summed E-state index contributed by atoms with van der Waals surface area (Å²) in [6.45, 7) is 0. The van der Waals surface area contributed by atoms with Crippen LogP contribution < -0.4 is 11.0 Å². The Labute approximate surface area is 90.3 Å². The number of benzene rings is 1. The molecule has 0 aromatic heterocycles. The highest BCUT2D eigenvalue weighted by Crippen LogP contribution is 2.36. The molecule has 0 radical (unpaired) electrons. The van der Waals surface area contributed by atoms with Crippen molar-refractivity contribution in [3.8, 4) is 0 Å². The van der Waals surface area contributed by atoms with Crippen molar-refractivity contribution in [2.45, 2.75) is 4.90 Å². The van der Waals surface area contributed by atoms with E-state index in [0.29, 0.717) is 0 Å². The normalized spacial score (nSPS) is 11.4. The van der Waals surface area contributed by atoms with Gasteiger partial charge in [-0.3, -0.25) is 4.57 Å². The fourth-order valence-corrected chi connectivity index (χ4v) is 2.07. The van der Waals surface area contributed by atoms with E-state index in [0.717, 1.165) is 12.1 Å². The highest BCUT2D eigenvalue weighted by atomic mass is 32.1. The summed E-state index contributed by atoms with van der Waals surface area (Å²) in [5, 5.41) is 8.13. The van der Waals surface area contributed by atoms with Crippen molar-refractivity contribution < 1.29 is 24.3 Å². The third-order valence-electron chi connectivity index (χ3n) is 1.69. The van der Waals surface area contributed by atoms with Gasteiger partial charge in [0.2, 0.25) is 0 Å². The summed E-state index contributed by atoms with van der Waals surface area (Å²) in [4.78, 5) is 28.6. The van der Waals surface area contributed by atoms with Gasteiger partial charge in [0.1, 0.15) is 0 Å². The minimum Gasteiger partial charge on any atom is -0.478 e. The zero-order chi connectivity index (χ0) is 11.8. The molecule has 0 amide bonds. The van der Waals surface area contributed by atoms with Gasteiger partial charge in [0.05, 0.1) is 10.9 Å². The zero-order valence-electron chi connectivity index (χ0n) is 7.28. The second kappa shape index (κ2) is 3.86. The molecule has 1 aromatic rings. The largest absolute Gasteiger partial charge is 0.478 e. The first-order chi connectivity index (χ1) is 6.73. The van der Waals surface area contributed by atoms with E-state index in [4.69, 9.17) is 20.6 Å². The van der Waals surface area contributed by atoms with Gasteiger partial charge in [0.25, 0.3) is 0 Å². The molecule has 6 nitrogen and oxygen atoms in total. The van der Waals surface area contributed by atoms with Crippen LogP contribution in [-0.4, -0.2) is 20.9 Å². The van der Waals surface area contributed by atoms with Crippen LogP contribution in [0.1, 0.15) is 10.4 Å². The van der Waals surface area contributed by atoms with E-state index in [1.54, 1.807) is 0 Å². The van der Waals surface area contributed by atoms with Crippen LogP contribution in [-0.2, 0) is 4.57 Å². The number of carboxylic acid groups (broad SMARTS) is 1. The lowest BCUT2D eigenvalue weighted by atomic mass is 10.2. The molecule has 0 saturated carbocycles. The molecule has 0 aliphatic heterocycles. The van der Waals surface area contributed by atoms with Gasteiger partial charge in [-0.15, -0.1) is 12.6 Å². The van der Waals surface area contributed by atoms with Gasteiger partial charge in [0.15, 0.2) is 0 Å². The molecule has 5 N–H and O–H groups in total. The monoisotopic (exact) mass is 249 g/mol. The van der Waals surface area contributed by atoms with Crippen molar-refractivity contribution in [2.75, 3.05) is 5.73 Å². The van der Waals surface area contributed by atoms with Crippen molar-refractivity contribution in [2.24, 2.45) is 0 Å². The molecule has 82 valence electrons. The first-order valence-electron chi connectivity index (χ1n) is 3.65. The molecule has 0 bridgehead atoms. The molecule has 15 heavy (non-hydrogen) atoms. The molecule has 1 rings (SSSR count). The molecule has 0 aliphatic rings. The Morgan fingerprint density at radius 3 is 2.33 bits per heavy atom. The Morgan fingerprint density at radius 1 is 1.40 bits per heavy atom. The molecule has 0 aliphatic carbocycles. The molecule has 0 unspecified atom stereocenters. The number of hydrogen-bond donors (Lipinski definition) is 5. The van der Waals surface area contributed by atoms with Crippen molar-refractivity contribution in [1.29, 1.82) is 0 Å². The number of nitrogen functional groups attached to an aromatic ring is 1. The number of rotatable bonds is 2. The minimum atomic E-state index is -4.64. The number of anilines is 1. The second-order valence-electron chi connectivity index (χ2n) is 2.78. The summed E-state index contributed by atoms with van der Waals surface area (Å²) in [6, 6.07) is 1.93. The van der Waals surface area contributed by atoms with Crippen LogP contribution in [0, 0.1) is 0 Å². The highest BCUT2D eigenvalue weighted by Gasteiger charge is 2.26. The first kappa shape index (κ1) is 12.1. The van der Waals surface area contributed by atoms with Gasteiger partial charge in [-0.1, -0.05) is 0 Å². The lowest BCUT2D eigenvalue weighted by molar-refractivity contribution is 0.0697. The predicted molar refractivity (Wildman–Crippen MR) is 56.7 cm³/mol. The molecular formula is C7H8NO5PS. The van der Waals surface area contributed by atoms with Crippen LogP contribution in [0.5, 0.6) is 0 Å².